The maximum Gasteiger partial charge on any atom is 0.224 e. The Bertz CT molecular complexity index is 517. The molecule has 0 aliphatic carbocycles. The molecule has 2 saturated heterocycles. The molecule has 0 N–H and O–H groups in total. The molecule has 5 heteroatoms. The van der Waals surface area contributed by atoms with Crippen molar-refractivity contribution in [1.29, 1.82) is 0 Å². The van der Waals surface area contributed by atoms with Crippen LogP contribution in [0.1, 0.15) is 18.4 Å². The Balaban J connectivity index is 1.63. The number of nitrogens with zero attached hydrogens (tertiary/aromatic N) is 2. The Morgan fingerprint density at radius 3 is 2.64 bits per heavy atom. The highest BCUT2D eigenvalue weighted by Gasteiger charge is 2.46. The molecule has 1 aromatic rings. The third kappa shape index (κ3) is 2.96. The van der Waals surface area contributed by atoms with Crippen LogP contribution in [-0.4, -0.2) is 61.7 Å². The van der Waals surface area contributed by atoms with Gasteiger partial charge in [0.25, 0.3) is 0 Å². The fourth-order valence-corrected chi connectivity index (χ4v) is 3.65. The van der Waals surface area contributed by atoms with Gasteiger partial charge in [0.2, 0.25) is 5.91 Å². The van der Waals surface area contributed by atoms with Gasteiger partial charge < -0.3 is 14.4 Å². The second-order valence-electron chi connectivity index (χ2n) is 6.03. The van der Waals surface area contributed by atoms with Crippen molar-refractivity contribution in [2.45, 2.75) is 31.5 Å². The van der Waals surface area contributed by atoms with Gasteiger partial charge >= 0.3 is 0 Å². The first-order valence-electron chi connectivity index (χ1n) is 7.88. The molecule has 120 valence electrons. The van der Waals surface area contributed by atoms with Gasteiger partial charge in [-0.25, -0.2) is 0 Å². The second-order valence-corrected chi connectivity index (χ2v) is 6.03. The number of amides is 1. The fraction of sp³-hybridized carbons (Fsp3) is 0.588. The number of benzene rings is 1. The Kier molecular flexibility index (Phi) is 4.64. The van der Waals surface area contributed by atoms with Gasteiger partial charge in [-0.05, 0) is 24.1 Å². The minimum Gasteiger partial charge on any atom is -0.497 e. The van der Waals surface area contributed by atoms with E-state index in [1.807, 2.05) is 17.0 Å². The van der Waals surface area contributed by atoms with Gasteiger partial charge in [0.1, 0.15) is 5.75 Å². The zero-order valence-electron chi connectivity index (χ0n) is 13.3. The van der Waals surface area contributed by atoms with Crippen molar-refractivity contribution in [2.24, 2.45) is 0 Å². The number of rotatable bonds is 6. The number of fused-ring (bicyclic) bond motifs is 1. The summed E-state index contributed by atoms with van der Waals surface area (Å²) in [4.78, 5) is 16.7. The highest BCUT2D eigenvalue weighted by Crippen LogP contribution is 2.33. The van der Waals surface area contributed by atoms with Crippen LogP contribution in [-0.2, 0) is 16.1 Å². The van der Waals surface area contributed by atoms with E-state index < -0.39 is 0 Å². The molecular weight excluding hydrogens is 280 g/mol. The lowest BCUT2D eigenvalue weighted by atomic mass is 10.1. The highest BCUT2D eigenvalue weighted by atomic mass is 16.5. The van der Waals surface area contributed by atoms with Crippen molar-refractivity contribution in [1.82, 2.24) is 9.80 Å². The number of carbonyl (C=O) groups excluding carboxylic acids is 1. The van der Waals surface area contributed by atoms with Crippen molar-refractivity contribution in [3.8, 4) is 5.75 Å². The standard InChI is InChI=1S/C17H24N2O3/c1-21-10-9-19-15-7-8-18(16(15)11-17(19)20)12-13-3-5-14(22-2)6-4-13/h3-6,15-16H,7-12H2,1-2H3/t15-,16+/m1/s1. The van der Waals surface area contributed by atoms with E-state index in [-0.39, 0.29) is 5.91 Å². The van der Waals surface area contributed by atoms with Gasteiger partial charge in [-0.3, -0.25) is 9.69 Å². The quantitative estimate of drug-likeness (QED) is 0.799. The number of ether oxygens (including phenoxy) is 2. The van der Waals surface area contributed by atoms with Crippen LogP contribution in [0.2, 0.25) is 0 Å². The smallest absolute Gasteiger partial charge is 0.224 e. The Labute approximate surface area is 131 Å². The molecule has 2 aliphatic heterocycles. The van der Waals surface area contributed by atoms with Gasteiger partial charge in [0.15, 0.2) is 0 Å². The van der Waals surface area contributed by atoms with Crippen LogP contribution >= 0.6 is 0 Å². The van der Waals surface area contributed by atoms with Crippen LogP contribution in [0.25, 0.3) is 0 Å². The third-order valence-corrected chi connectivity index (χ3v) is 4.81. The Hall–Kier alpha value is -1.59. The molecule has 2 heterocycles. The molecule has 2 aliphatic rings. The SMILES string of the molecule is COCCN1C(=O)C[C@H]2[C@H]1CCN2Cc1ccc(OC)cc1. The summed E-state index contributed by atoms with van der Waals surface area (Å²) < 4.78 is 10.3. The molecule has 0 aromatic heterocycles. The molecule has 0 unspecified atom stereocenters. The molecule has 3 rings (SSSR count). The van der Waals surface area contributed by atoms with Gasteiger partial charge in [-0.1, -0.05) is 12.1 Å². The monoisotopic (exact) mass is 304 g/mol. The molecule has 1 aromatic carbocycles. The zero-order valence-corrected chi connectivity index (χ0v) is 13.3. The van der Waals surface area contributed by atoms with Crippen LogP contribution in [0, 0.1) is 0 Å². The van der Waals surface area contributed by atoms with Crippen molar-refractivity contribution >= 4 is 5.91 Å². The van der Waals surface area contributed by atoms with Crippen molar-refractivity contribution in [2.75, 3.05) is 33.9 Å². The van der Waals surface area contributed by atoms with Crippen LogP contribution in [0.3, 0.4) is 0 Å². The predicted molar refractivity (Wildman–Crippen MR) is 83.8 cm³/mol. The summed E-state index contributed by atoms with van der Waals surface area (Å²) >= 11 is 0. The lowest BCUT2D eigenvalue weighted by molar-refractivity contribution is -0.129. The maximum absolute atomic E-state index is 12.2. The molecule has 0 radical (unpaired) electrons. The van der Waals surface area contributed by atoms with Crippen molar-refractivity contribution in [3.05, 3.63) is 29.8 Å². The van der Waals surface area contributed by atoms with E-state index in [9.17, 15) is 4.79 Å². The number of hydrogen-bond acceptors (Lipinski definition) is 4. The number of carbonyl (C=O) groups is 1. The molecule has 22 heavy (non-hydrogen) atoms. The highest BCUT2D eigenvalue weighted by molar-refractivity contribution is 5.80. The van der Waals surface area contributed by atoms with E-state index in [0.717, 1.165) is 25.3 Å². The van der Waals surface area contributed by atoms with E-state index in [0.29, 0.717) is 31.7 Å². The number of methoxy groups -OCH3 is 2. The van der Waals surface area contributed by atoms with Gasteiger partial charge in [0.05, 0.1) is 13.7 Å². The molecule has 2 fully saturated rings. The minimum atomic E-state index is 0.270. The Morgan fingerprint density at radius 2 is 1.95 bits per heavy atom. The summed E-state index contributed by atoms with van der Waals surface area (Å²) in [5.41, 5.74) is 1.27. The van der Waals surface area contributed by atoms with E-state index in [1.165, 1.54) is 5.56 Å². The van der Waals surface area contributed by atoms with Gasteiger partial charge in [0, 0.05) is 45.2 Å². The van der Waals surface area contributed by atoms with Crippen molar-refractivity contribution < 1.29 is 14.3 Å². The molecular formula is C17H24N2O3. The van der Waals surface area contributed by atoms with Gasteiger partial charge in [-0.2, -0.15) is 0 Å². The van der Waals surface area contributed by atoms with E-state index in [1.54, 1.807) is 14.2 Å². The average Bonchev–Trinajstić information content (AvgIpc) is 3.05. The molecule has 0 bridgehead atoms. The molecule has 0 spiro atoms. The molecule has 2 atom stereocenters. The average molecular weight is 304 g/mol. The van der Waals surface area contributed by atoms with E-state index in [4.69, 9.17) is 9.47 Å². The number of hydrogen-bond donors (Lipinski definition) is 0. The lowest BCUT2D eigenvalue weighted by Gasteiger charge is -2.25. The predicted octanol–water partition coefficient (Wildman–Crippen LogP) is 1.52. The van der Waals surface area contributed by atoms with Crippen LogP contribution in [0.15, 0.2) is 24.3 Å². The van der Waals surface area contributed by atoms with Crippen LogP contribution in [0.4, 0.5) is 0 Å². The molecule has 0 saturated carbocycles. The normalized spacial score (nSPS) is 24.8. The molecule has 1 amide bonds. The summed E-state index contributed by atoms with van der Waals surface area (Å²) in [6.45, 7) is 3.29. The van der Waals surface area contributed by atoms with Crippen LogP contribution in [0.5, 0.6) is 5.75 Å². The summed E-state index contributed by atoms with van der Waals surface area (Å²) in [5.74, 6) is 1.15. The first-order valence-corrected chi connectivity index (χ1v) is 7.88. The first kappa shape index (κ1) is 15.3. The second kappa shape index (κ2) is 6.67. The third-order valence-electron chi connectivity index (χ3n) is 4.81. The van der Waals surface area contributed by atoms with Gasteiger partial charge in [-0.15, -0.1) is 0 Å². The molecule has 5 nitrogen and oxygen atoms in total. The number of likely N-dealkylation sites (tertiary alicyclic amines) is 2. The Morgan fingerprint density at radius 1 is 1.18 bits per heavy atom. The first-order chi connectivity index (χ1) is 10.7. The topological polar surface area (TPSA) is 42.0 Å². The minimum absolute atomic E-state index is 0.270. The summed E-state index contributed by atoms with van der Waals surface area (Å²) in [6.07, 6.45) is 1.71. The van der Waals surface area contributed by atoms with Crippen LogP contribution < -0.4 is 4.74 Å². The summed E-state index contributed by atoms with van der Waals surface area (Å²) in [7, 11) is 3.36. The van der Waals surface area contributed by atoms with E-state index in [2.05, 4.69) is 17.0 Å². The summed E-state index contributed by atoms with van der Waals surface area (Å²) in [5, 5.41) is 0. The fourth-order valence-electron chi connectivity index (χ4n) is 3.65. The largest absolute Gasteiger partial charge is 0.497 e. The van der Waals surface area contributed by atoms with E-state index >= 15 is 0 Å². The van der Waals surface area contributed by atoms with Crippen molar-refractivity contribution in [3.63, 3.8) is 0 Å². The zero-order chi connectivity index (χ0) is 15.5. The maximum atomic E-state index is 12.2. The lowest BCUT2D eigenvalue weighted by Crippen LogP contribution is -2.38. The summed E-state index contributed by atoms with van der Waals surface area (Å²) in [6, 6.07) is 8.91.